The van der Waals surface area contributed by atoms with Gasteiger partial charge in [-0.2, -0.15) is 8.42 Å². The Kier molecular flexibility index (Phi) is 10.8. The second-order valence-corrected chi connectivity index (χ2v) is 12.3. The molecule has 0 amide bonds. The second kappa shape index (κ2) is 15.4. The fraction of sp³-hybridized carbons (Fsp3) is 0.105. The molecule has 5 aromatic rings. The van der Waals surface area contributed by atoms with Gasteiger partial charge in [0.15, 0.2) is 0 Å². The third-order valence-electron chi connectivity index (χ3n) is 7.74. The Morgan fingerprint density at radius 1 is 0.660 bits per heavy atom. The first-order valence-corrected chi connectivity index (χ1v) is 16.5. The summed E-state index contributed by atoms with van der Waals surface area (Å²) in [6, 6.07) is 30.5. The van der Waals surface area contributed by atoms with Crippen LogP contribution in [-0.4, -0.2) is 51.6 Å². The van der Waals surface area contributed by atoms with Crippen molar-refractivity contribution in [2.45, 2.75) is 12.0 Å². The SMILES string of the molecule is COC(=O)c1ccc(-c2cc(-c3ccc(COC=O)cc3)c(C(=O)OC(c3ccccc3)S(=O)(=O)O)c(-c3ccc(C(=O)OC)cc3)c2)cc1. The third-order valence-corrected chi connectivity index (χ3v) is 8.65. The van der Waals surface area contributed by atoms with Gasteiger partial charge in [0.1, 0.15) is 6.61 Å². The van der Waals surface area contributed by atoms with E-state index in [-0.39, 0.29) is 23.3 Å². The molecule has 1 N–H and O–H groups in total. The van der Waals surface area contributed by atoms with Gasteiger partial charge in [-0.3, -0.25) is 9.35 Å². The summed E-state index contributed by atoms with van der Waals surface area (Å²) >= 11 is 0. The van der Waals surface area contributed by atoms with Gasteiger partial charge in [0.25, 0.3) is 11.9 Å². The van der Waals surface area contributed by atoms with Crippen LogP contribution in [-0.2, 0) is 40.5 Å². The summed E-state index contributed by atoms with van der Waals surface area (Å²) in [4.78, 5) is 49.4. The van der Waals surface area contributed by atoms with Crippen molar-refractivity contribution >= 4 is 34.5 Å². The topological polar surface area (TPSA) is 160 Å². The van der Waals surface area contributed by atoms with Crippen LogP contribution in [0.25, 0.3) is 33.4 Å². The van der Waals surface area contributed by atoms with Crippen molar-refractivity contribution in [3.63, 3.8) is 0 Å². The molecule has 1 unspecified atom stereocenters. The normalized spacial score (nSPS) is 11.6. The predicted octanol–water partition coefficient (Wildman–Crippen LogP) is 6.68. The molecule has 0 saturated carbocycles. The molecule has 0 heterocycles. The summed E-state index contributed by atoms with van der Waals surface area (Å²) in [5.74, 6) is -2.17. The smallest absolute Gasteiger partial charge is 0.341 e. The van der Waals surface area contributed by atoms with Crippen LogP contribution < -0.4 is 0 Å². The lowest BCUT2D eigenvalue weighted by atomic mass is 9.87. The van der Waals surface area contributed by atoms with Crippen molar-refractivity contribution in [2.24, 2.45) is 0 Å². The minimum absolute atomic E-state index is 0.0101. The molecule has 1 atom stereocenters. The highest BCUT2D eigenvalue weighted by molar-refractivity contribution is 7.85. The first-order valence-electron chi connectivity index (χ1n) is 15.0. The van der Waals surface area contributed by atoms with E-state index in [1.807, 2.05) is 0 Å². The van der Waals surface area contributed by atoms with E-state index in [4.69, 9.17) is 18.9 Å². The summed E-state index contributed by atoms with van der Waals surface area (Å²) in [5, 5.41) is 0. The van der Waals surface area contributed by atoms with E-state index < -0.39 is 33.5 Å². The Morgan fingerprint density at radius 2 is 1.14 bits per heavy atom. The molecule has 0 bridgehead atoms. The monoisotopic (exact) mass is 694 g/mol. The van der Waals surface area contributed by atoms with Gasteiger partial charge < -0.3 is 18.9 Å². The molecule has 5 rings (SSSR count). The maximum atomic E-state index is 14.3. The average Bonchev–Trinajstić information content (AvgIpc) is 3.15. The molecule has 0 aromatic heterocycles. The molecular formula is C38H30O11S. The van der Waals surface area contributed by atoms with Crippen LogP contribution in [0.4, 0.5) is 0 Å². The maximum Gasteiger partial charge on any atom is 0.341 e. The number of carbonyl (C=O) groups excluding carboxylic acids is 4. The molecule has 12 heteroatoms. The highest BCUT2D eigenvalue weighted by Crippen LogP contribution is 2.39. The summed E-state index contributed by atoms with van der Waals surface area (Å²) in [6.45, 7) is 0.337. The number of benzene rings is 5. The predicted molar refractivity (Wildman–Crippen MR) is 182 cm³/mol. The van der Waals surface area contributed by atoms with Crippen LogP contribution in [0.1, 0.15) is 47.6 Å². The number of rotatable bonds is 12. The summed E-state index contributed by atoms with van der Waals surface area (Å²) < 4.78 is 55.4. The Morgan fingerprint density at radius 3 is 1.60 bits per heavy atom. The van der Waals surface area contributed by atoms with Gasteiger partial charge in [-0.15, -0.1) is 0 Å². The van der Waals surface area contributed by atoms with Crippen LogP contribution in [0.15, 0.2) is 115 Å². The summed E-state index contributed by atoms with van der Waals surface area (Å²) in [5.41, 5.74) is 1.99. The zero-order valence-corrected chi connectivity index (χ0v) is 27.6. The van der Waals surface area contributed by atoms with Gasteiger partial charge in [-0.05, 0) is 75.3 Å². The summed E-state index contributed by atoms with van der Waals surface area (Å²) in [7, 11) is -2.42. The highest BCUT2D eigenvalue weighted by atomic mass is 32.2. The molecule has 254 valence electrons. The molecule has 0 saturated heterocycles. The largest absolute Gasteiger partial charge is 0.465 e. The van der Waals surface area contributed by atoms with E-state index in [0.717, 1.165) is 0 Å². The average molecular weight is 695 g/mol. The molecule has 0 aliphatic heterocycles. The Bertz CT molecular complexity index is 2130. The van der Waals surface area contributed by atoms with Gasteiger partial charge >= 0.3 is 28.0 Å². The van der Waals surface area contributed by atoms with Gasteiger partial charge in [-0.1, -0.05) is 78.9 Å². The lowest BCUT2D eigenvalue weighted by Crippen LogP contribution is -2.20. The number of hydrogen-bond donors (Lipinski definition) is 1. The molecule has 0 radical (unpaired) electrons. The van der Waals surface area contributed by atoms with Crippen molar-refractivity contribution in [1.82, 2.24) is 0 Å². The van der Waals surface area contributed by atoms with Crippen molar-refractivity contribution in [3.05, 3.63) is 143 Å². The third kappa shape index (κ3) is 7.95. The van der Waals surface area contributed by atoms with Crippen molar-refractivity contribution in [2.75, 3.05) is 14.2 Å². The van der Waals surface area contributed by atoms with E-state index in [1.165, 1.54) is 50.6 Å². The number of methoxy groups -OCH3 is 2. The van der Waals surface area contributed by atoms with Gasteiger partial charge in [0.05, 0.1) is 30.9 Å². The lowest BCUT2D eigenvalue weighted by Gasteiger charge is -2.21. The zero-order chi connectivity index (χ0) is 35.8. The fourth-order valence-electron chi connectivity index (χ4n) is 5.28. The maximum absolute atomic E-state index is 14.3. The molecule has 0 aliphatic carbocycles. The van der Waals surface area contributed by atoms with Crippen LogP contribution in [0.3, 0.4) is 0 Å². The van der Waals surface area contributed by atoms with Crippen molar-refractivity contribution in [1.29, 1.82) is 0 Å². The molecule has 0 spiro atoms. The summed E-state index contributed by atoms with van der Waals surface area (Å²) in [6.07, 6.45) is 0. The number of carbonyl (C=O) groups is 4. The second-order valence-electron chi connectivity index (χ2n) is 10.9. The van der Waals surface area contributed by atoms with Gasteiger partial charge in [-0.25, -0.2) is 14.4 Å². The Labute approximate surface area is 287 Å². The Balaban J connectivity index is 1.76. The fourth-order valence-corrected chi connectivity index (χ4v) is 5.99. The first-order chi connectivity index (χ1) is 24.0. The number of esters is 3. The van der Waals surface area contributed by atoms with E-state index in [1.54, 1.807) is 78.9 Å². The quantitative estimate of drug-likeness (QED) is 0.0643. The van der Waals surface area contributed by atoms with E-state index in [0.29, 0.717) is 51.0 Å². The molecule has 11 nitrogen and oxygen atoms in total. The zero-order valence-electron chi connectivity index (χ0n) is 26.8. The minimum atomic E-state index is -4.95. The number of ether oxygens (including phenoxy) is 4. The molecule has 5 aromatic carbocycles. The van der Waals surface area contributed by atoms with Crippen LogP contribution in [0.2, 0.25) is 0 Å². The van der Waals surface area contributed by atoms with Crippen molar-refractivity contribution in [3.8, 4) is 33.4 Å². The molecular weight excluding hydrogens is 664 g/mol. The lowest BCUT2D eigenvalue weighted by molar-refractivity contribution is -0.129. The minimum Gasteiger partial charge on any atom is -0.465 e. The van der Waals surface area contributed by atoms with Crippen LogP contribution in [0, 0.1) is 0 Å². The Hall–Kier alpha value is -6.11. The highest BCUT2D eigenvalue weighted by Gasteiger charge is 2.32. The molecule has 0 fully saturated rings. The first kappa shape index (κ1) is 35.2. The van der Waals surface area contributed by atoms with E-state index >= 15 is 0 Å². The van der Waals surface area contributed by atoms with Crippen molar-refractivity contribution < 1.29 is 51.1 Å². The molecule has 0 aliphatic rings. The van der Waals surface area contributed by atoms with E-state index in [9.17, 15) is 32.1 Å². The van der Waals surface area contributed by atoms with Crippen LogP contribution in [0.5, 0.6) is 0 Å². The standard InChI is InChI=1S/C38H30O11S/c1-46-35(40)28-16-12-25(13-17-28)31-20-32(26-10-8-24(9-11-26)22-48-23-39)34(33(21-31)27-14-18-29(19-15-27)36(41)47-2)37(42)49-38(50(43,44)45)30-6-4-3-5-7-30/h3-21,23,38H,22H2,1-2H3,(H,43,44,45). The van der Waals surface area contributed by atoms with Gasteiger partial charge in [0, 0.05) is 5.56 Å². The van der Waals surface area contributed by atoms with E-state index in [2.05, 4.69) is 0 Å². The van der Waals surface area contributed by atoms with Crippen LogP contribution >= 0.6 is 0 Å². The van der Waals surface area contributed by atoms with Gasteiger partial charge in [0.2, 0.25) is 0 Å². The number of hydrogen-bond acceptors (Lipinski definition) is 10. The molecule has 50 heavy (non-hydrogen) atoms.